The fourth-order valence-electron chi connectivity index (χ4n) is 2.69. The smallest absolute Gasteiger partial charge is 0.0579 e. The standard InChI is InChI=1S/C15H21NO/c1-14(2,3)12-4-6-13(7-5-12)16-8-15(9-16)10-17-11-15/h4-7H,8-11H2,1-3H3. The molecule has 1 aromatic carbocycles. The van der Waals surface area contributed by atoms with Crippen molar-refractivity contribution in [3.05, 3.63) is 29.8 Å². The van der Waals surface area contributed by atoms with E-state index < -0.39 is 0 Å². The highest BCUT2D eigenvalue weighted by Crippen LogP contribution is 2.40. The fourth-order valence-corrected chi connectivity index (χ4v) is 2.69. The van der Waals surface area contributed by atoms with Crippen molar-refractivity contribution >= 4 is 5.69 Å². The largest absolute Gasteiger partial charge is 0.380 e. The van der Waals surface area contributed by atoms with Crippen LogP contribution in [0.15, 0.2) is 24.3 Å². The lowest BCUT2D eigenvalue weighted by molar-refractivity contribution is -0.127. The van der Waals surface area contributed by atoms with Crippen LogP contribution in [0.25, 0.3) is 0 Å². The molecule has 0 aliphatic carbocycles. The van der Waals surface area contributed by atoms with Gasteiger partial charge in [0.2, 0.25) is 0 Å². The molecule has 2 saturated heterocycles. The van der Waals surface area contributed by atoms with E-state index >= 15 is 0 Å². The highest BCUT2D eigenvalue weighted by Gasteiger charge is 2.48. The average Bonchev–Trinajstić information content (AvgIpc) is 2.12. The number of hydrogen-bond donors (Lipinski definition) is 0. The Morgan fingerprint density at radius 1 is 1.06 bits per heavy atom. The molecular formula is C15H21NO. The zero-order chi connectivity index (χ0) is 12.1. The van der Waals surface area contributed by atoms with Crippen molar-refractivity contribution in [3.8, 4) is 0 Å². The molecule has 0 amide bonds. The van der Waals surface area contributed by atoms with E-state index in [2.05, 4.69) is 49.9 Å². The second-order valence-corrected chi connectivity index (χ2v) is 6.65. The molecule has 3 rings (SSSR count). The van der Waals surface area contributed by atoms with Gasteiger partial charge in [0.25, 0.3) is 0 Å². The first-order chi connectivity index (χ1) is 7.99. The van der Waals surface area contributed by atoms with Crippen LogP contribution in [0.5, 0.6) is 0 Å². The van der Waals surface area contributed by atoms with Crippen LogP contribution in [-0.4, -0.2) is 26.3 Å². The summed E-state index contributed by atoms with van der Waals surface area (Å²) in [7, 11) is 0. The normalized spacial score (nSPS) is 22.2. The van der Waals surface area contributed by atoms with Crippen molar-refractivity contribution in [1.29, 1.82) is 0 Å². The summed E-state index contributed by atoms with van der Waals surface area (Å²) in [6, 6.07) is 9.04. The molecule has 2 heterocycles. The van der Waals surface area contributed by atoms with Gasteiger partial charge in [-0.25, -0.2) is 0 Å². The summed E-state index contributed by atoms with van der Waals surface area (Å²) in [4.78, 5) is 2.45. The number of ether oxygens (including phenoxy) is 1. The van der Waals surface area contributed by atoms with Crippen LogP contribution in [0.2, 0.25) is 0 Å². The molecular weight excluding hydrogens is 210 g/mol. The molecule has 1 spiro atoms. The summed E-state index contributed by atoms with van der Waals surface area (Å²) in [6.07, 6.45) is 0. The molecule has 0 aromatic heterocycles. The first kappa shape index (κ1) is 11.1. The van der Waals surface area contributed by atoms with Crippen LogP contribution in [-0.2, 0) is 10.2 Å². The Bertz CT molecular complexity index is 404. The Hall–Kier alpha value is -1.02. The molecule has 0 saturated carbocycles. The van der Waals surface area contributed by atoms with Crippen molar-refractivity contribution in [2.45, 2.75) is 26.2 Å². The van der Waals surface area contributed by atoms with Gasteiger partial charge in [-0.3, -0.25) is 0 Å². The summed E-state index contributed by atoms with van der Waals surface area (Å²) in [5.41, 5.74) is 3.51. The van der Waals surface area contributed by atoms with Crippen LogP contribution >= 0.6 is 0 Å². The summed E-state index contributed by atoms with van der Waals surface area (Å²) < 4.78 is 5.30. The Morgan fingerprint density at radius 3 is 2.06 bits per heavy atom. The van der Waals surface area contributed by atoms with Crippen LogP contribution in [0.1, 0.15) is 26.3 Å². The lowest BCUT2D eigenvalue weighted by atomic mass is 9.77. The van der Waals surface area contributed by atoms with Crippen LogP contribution in [0, 0.1) is 5.41 Å². The molecule has 1 aromatic rings. The van der Waals surface area contributed by atoms with E-state index in [1.807, 2.05) is 0 Å². The van der Waals surface area contributed by atoms with Gasteiger partial charge in [0.1, 0.15) is 0 Å². The summed E-state index contributed by atoms with van der Waals surface area (Å²) >= 11 is 0. The molecule has 0 unspecified atom stereocenters. The highest BCUT2D eigenvalue weighted by atomic mass is 16.5. The van der Waals surface area contributed by atoms with Gasteiger partial charge in [-0.05, 0) is 23.1 Å². The van der Waals surface area contributed by atoms with Crippen LogP contribution in [0.4, 0.5) is 5.69 Å². The minimum Gasteiger partial charge on any atom is -0.380 e. The Morgan fingerprint density at radius 2 is 1.65 bits per heavy atom. The van der Waals surface area contributed by atoms with Gasteiger partial charge in [-0.1, -0.05) is 32.9 Å². The van der Waals surface area contributed by atoms with Gasteiger partial charge < -0.3 is 9.64 Å². The highest BCUT2D eigenvalue weighted by molar-refractivity contribution is 5.52. The van der Waals surface area contributed by atoms with Gasteiger partial charge in [0.15, 0.2) is 0 Å². The second kappa shape index (κ2) is 3.49. The molecule has 2 fully saturated rings. The first-order valence-electron chi connectivity index (χ1n) is 6.42. The summed E-state index contributed by atoms with van der Waals surface area (Å²) in [5, 5.41) is 0. The second-order valence-electron chi connectivity index (χ2n) is 6.65. The van der Waals surface area contributed by atoms with E-state index in [4.69, 9.17) is 4.74 Å². The number of hydrogen-bond acceptors (Lipinski definition) is 2. The van der Waals surface area contributed by atoms with Crippen molar-refractivity contribution < 1.29 is 4.74 Å². The van der Waals surface area contributed by atoms with Crippen molar-refractivity contribution in [1.82, 2.24) is 0 Å². The molecule has 0 N–H and O–H groups in total. The molecule has 2 aliphatic rings. The molecule has 0 bridgehead atoms. The van der Waals surface area contributed by atoms with Crippen LogP contribution in [0.3, 0.4) is 0 Å². The van der Waals surface area contributed by atoms with Crippen LogP contribution < -0.4 is 4.90 Å². The molecule has 17 heavy (non-hydrogen) atoms. The van der Waals surface area contributed by atoms with E-state index in [9.17, 15) is 0 Å². The predicted molar refractivity (Wildman–Crippen MR) is 70.6 cm³/mol. The van der Waals surface area contributed by atoms with Gasteiger partial charge in [-0.2, -0.15) is 0 Å². The maximum Gasteiger partial charge on any atom is 0.0579 e. The Labute approximate surface area is 104 Å². The lowest BCUT2D eigenvalue weighted by Gasteiger charge is -2.56. The molecule has 2 heteroatoms. The van der Waals surface area contributed by atoms with Crippen molar-refractivity contribution in [2.75, 3.05) is 31.2 Å². The number of nitrogens with zero attached hydrogens (tertiary/aromatic N) is 1. The van der Waals surface area contributed by atoms with E-state index in [1.165, 1.54) is 24.3 Å². The lowest BCUT2D eigenvalue weighted by Crippen LogP contribution is -2.66. The first-order valence-corrected chi connectivity index (χ1v) is 6.42. The molecule has 0 radical (unpaired) electrons. The fraction of sp³-hybridized carbons (Fsp3) is 0.600. The minimum absolute atomic E-state index is 0.247. The Kier molecular flexibility index (Phi) is 2.27. The summed E-state index contributed by atoms with van der Waals surface area (Å²) in [5.74, 6) is 0. The monoisotopic (exact) mass is 231 g/mol. The summed E-state index contributed by atoms with van der Waals surface area (Å²) in [6.45, 7) is 11.0. The molecule has 2 nitrogen and oxygen atoms in total. The number of anilines is 1. The topological polar surface area (TPSA) is 12.5 Å². The van der Waals surface area contributed by atoms with E-state index in [1.54, 1.807) is 0 Å². The average molecular weight is 231 g/mol. The predicted octanol–water partition coefficient (Wildman–Crippen LogP) is 2.82. The zero-order valence-corrected chi connectivity index (χ0v) is 11.0. The van der Waals surface area contributed by atoms with Crippen molar-refractivity contribution in [2.24, 2.45) is 5.41 Å². The third-order valence-electron chi connectivity index (χ3n) is 3.97. The minimum atomic E-state index is 0.247. The maximum atomic E-state index is 5.30. The Balaban J connectivity index is 1.69. The van der Waals surface area contributed by atoms with Gasteiger partial charge in [0, 0.05) is 18.8 Å². The third kappa shape index (κ3) is 1.85. The number of benzene rings is 1. The quantitative estimate of drug-likeness (QED) is 0.737. The maximum absolute atomic E-state index is 5.30. The van der Waals surface area contributed by atoms with Crippen molar-refractivity contribution in [3.63, 3.8) is 0 Å². The molecule has 2 aliphatic heterocycles. The van der Waals surface area contributed by atoms with E-state index in [0.717, 1.165) is 13.2 Å². The van der Waals surface area contributed by atoms with Gasteiger partial charge in [-0.15, -0.1) is 0 Å². The van der Waals surface area contributed by atoms with Gasteiger partial charge >= 0.3 is 0 Å². The molecule has 92 valence electrons. The third-order valence-corrected chi connectivity index (χ3v) is 3.97. The SMILES string of the molecule is CC(C)(C)c1ccc(N2CC3(COC3)C2)cc1. The van der Waals surface area contributed by atoms with E-state index in [0.29, 0.717) is 5.41 Å². The molecule has 0 atom stereocenters. The zero-order valence-electron chi connectivity index (χ0n) is 11.0. The van der Waals surface area contributed by atoms with E-state index in [-0.39, 0.29) is 5.41 Å². The van der Waals surface area contributed by atoms with Gasteiger partial charge in [0.05, 0.1) is 18.6 Å². The number of rotatable bonds is 1.